The smallest absolute Gasteiger partial charge is 0.163 e. The fourth-order valence-electron chi connectivity index (χ4n) is 2.37. The summed E-state index contributed by atoms with van der Waals surface area (Å²) in [6, 6.07) is 14.8. The highest BCUT2D eigenvalue weighted by atomic mass is 16.5. The van der Waals surface area contributed by atoms with E-state index in [0.717, 1.165) is 17.1 Å². The minimum Gasteiger partial charge on any atom is -0.494 e. The Hall–Kier alpha value is -2.20. The average molecular weight is 286 g/mol. The number of ether oxygens (including phenoxy) is 3. The number of aliphatic hydroxyl groups excluding tert-OH is 1. The first kappa shape index (κ1) is 13.8. The summed E-state index contributed by atoms with van der Waals surface area (Å²) in [6.07, 6.45) is -1.11. The zero-order valence-corrected chi connectivity index (χ0v) is 11.9. The van der Waals surface area contributed by atoms with Crippen molar-refractivity contribution < 1.29 is 19.3 Å². The third-order valence-electron chi connectivity index (χ3n) is 3.42. The molecule has 1 heterocycles. The Morgan fingerprint density at radius 3 is 2.57 bits per heavy atom. The molecule has 0 amide bonds. The van der Waals surface area contributed by atoms with E-state index in [9.17, 15) is 5.11 Å². The maximum atomic E-state index is 10.4. The zero-order valence-electron chi connectivity index (χ0n) is 11.9. The van der Waals surface area contributed by atoms with E-state index in [1.165, 1.54) is 0 Å². The third-order valence-corrected chi connectivity index (χ3v) is 3.42. The van der Waals surface area contributed by atoms with E-state index in [4.69, 9.17) is 14.2 Å². The van der Waals surface area contributed by atoms with E-state index >= 15 is 0 Å². The number of hydrogen-bond donors (Lipinski definition) is 1. The van der Waals surface area contributed by atoms with Crippen molar-refractivity contribution in [3.63, 3.8) is 0 Å². The van der Waals surface area contributed by atoms with Crippen molar-refractivity contribution in [1.82, 2.24) is 0 Å². The Morgan fingerprint density at radius 1 is 1.10 bits per heavy atom. The van der Waals surface area contributed by atoms with Gasteiger partial charge in [0.15, 0.2) is 6.10 Å². The van der Waals surface area contributed by atoms with Crippen LogP contribution in [-0.4, -0.2) is 24.4 Å². The molecule has 2 atom stereocenters. The Balaban J connectivity index is 1.71. The normalized spacial score (nSPS) is 20.3. The van der Waals surface area contributed by atoms with E-state index in [2.05, 4.69) is 0 Å². The van der Waals surface area contributed by atoms with Crippen LogP contribution in [0.5, 0.6) is 17.2 Å². The van der Waals surface area contributed by atoms with Gasteiger partial charge in [-0.05, 0) is 37.3 Å². The molecule has 110 valence electrons. The van der Waals surface area contributed by atoms with Crippen LogP contribution in [0.4, 0.5) is 0 Å². The molecule has 4 nitrogen and oxygen atoms in total. The van der Waals surface area contributed by atoms with Gasteiger partial charge in [0.05, 0.1) is 6.61 Å². The summed E-state index contributed by atoms with van der Waals surface area (Å²) < 4.78 is 16.8. The average Bonchev–Trinajstić information content (AvgIpc) is 2.52. The van der Waals surface area contributed by atoms with Gasteiger partial charge >= 0.3 is 0 Å². The van der Waals surface area contributed by atoms with Crippen LogP contribution in [-0.2, 0) is 0 Å². The highest BCUT2D eigenvalue weighted by molar-refractivity contribution is 5.38. The Kier molecular flexibility index (Phi) is 3.97. The lowest BCUT2D eigenvalue weighted by atomic mass is 10.0. The lowest BCUT2D eigenvalue weighted by molar-refractivity contribution is -0.0103. The molecule has 2 aromatic carbocycles. The van der Waals surface area contributed by atoms with E-state index in [-0.39, 0.29) is 0 Å². The molecule has 0 aromatic heterocycles. The summed E-state index contributed by atoms with van der Waals surface area (Å²) in [5.41, 5.74) is 0.764. The standard InChI is InChI=1S/C17H18O4/c1-2-19-12-7-9-13(10-8-12)21-16-11-20-15-6-4-3-5-14(15)17(16)18/h3-10,16-18H,2,11H2,1H3. The topological polar surface area (TPSA) is 47.9 Å². The van der Waals surface area contributed by atoms with Gasteiger partial charge in [0.25, 0.3) is 0 Å². The molecule has 1 N–H and O–H groups in total. The molecule has 2 unspecified atom stereocenters. The summed E-state index contributed by atoms with van der Waals surface area (Å²) in [6.45, 7) is 2.90. The van der Waals surface area contributed by atoms with Gasteiger partial charge in [0.2, 0.25) is 0 Å². The van der Waals surface area contributed by atoms with Crippen molar-refractivity contribution in [2.24, 2.45) is 0 Å². The van der Waals surface area contributed by atoms with Crippen molar-refractivity contribution in [3.8, 4) is 17.2 Å². The molecule has 0 fully saturated rings. The molecule has 0 bridgehead atoms. The molecule has 21 heavy (non-hydrogen) atoms. The molecule has 0 radical (unpaired) electrons. The predicted molar refractivity (Wildman–Crippen MR) is 78.9 cm³/mol. The molecule has 0 aliphatic carbocycles. The first-order valence-electron chi connectivity index (χ1n) is 7.07. The maximum absolute atomic E-state index is 10.4. The fraction of sp³-hybridized carbons (Fsp3) is 0.294. The first-order chi connectivity index (χ1) is 10.3. The van der Waals surface area contributed by atoms with Gasteiger partial charge in [-0.15, -0.1) is 0 Å². The van der Waals surface area contributed by atoms with Crippen molar-refractivity contribution >= 4 is 0 Å². The van der Waals surface area contributed by atoms with Gasteiger partial charge in [0, 0.05) is 5.56 Å². The van der Waals surface area contributed by atoms with E-state index < -0.39 is 12.2 Å². The number of benzene rings is 2. The van der Waals surface area contributed by atoms with Crippen LogP contribution in [0.1, 0.15) is 18.6 Å². The minimum atomic E-state index is -0.693. The largest absolute Gasteiger partial charge is 0.494 e. The molecule has 0 spiro atoms. The van der Waals surface area contributed by atoms with E-state index in [1.807, 2.05) is 55.5 Å². The van der Waals surface area contributed by atoms with Crippen molar-refractivity contribution in [2.75, 3.05) is 13.2 Å². The van der Waals surface area contributed by atoms with Gasteiger partial charge in [-0.3, -0.25) is 0 Å². The predicted octanol–water partition coefficient (Wildman–Crippen LogP) is 2.96. The van der Waals surface area contributed by atoms with Gasteiger partial charge in [-0.2, -0.15) is 0 Å². The number of para-hydroxylation sites is 1. The van der Waals surface area contributed by atoms with Crippen molar-refractivity contribution in [2.45, 2.75) is 19.1 Å². The molecule has 3 rings (SSSR count). The highest BCUT2D eigenvalue weighted by Gasteiger charge is 2.30. The molecule has 1 aliphatic heterocycles. The van der Waals surface area contributed by atoms with E-state index in [1.54, 1.807) is 0 Å². The number of fused-ring (bicyclic) bond motifs is 1. The molecule has 0 saturated carbocycles. The van der Waals surface area contributed by atoms with Crippen LogP contribution in [0.15, 0.2) is 48.5 Å². The Morgan fingerprint density at radius 2 is 1.81 bits per heavy atom. The molecule has 1 aliphatic rings. The van der Waals surface area contributed by atoms with Crippen LogP contribution in [0.25, 0.3) is 0 Å². The third kappa shape index (κ3) is 2.95. The number of hydrogen-bond acceptors (Lipinski definition) is 4. The van der Waals surface area contributed by atoms with Gasteiger partial charge in [-0.25, -0.2) is 0 Å². The molecular weight excluding hydrogens is 268 g/mol. The number of aliphatic hydroxyl groups is 1. The van der Waals surface area contributed by atoms with Crippen LogP contribution in [0, 0.1) is 0 Å². The molecule has 0 saturated heterocycles. The van der Waals surface area contributed by atoms with Crippen molar-refractivity contribution in [3.05, 3.63) is 54.1 Å². The maximum Gasteiger partial charge on any atom is 0.163 e. The lowest BCUT2D eigenvalue weighted by Crippen LogP contribution is -2.35. The fourth-order valence-corrected chi connectivity index (χ4v) is 2.37. The van der Waals surface area contributed by atoms with Gasteiger partial charge in [-0.1, -0.05) is 18.2 Å². The van der Waals surface area contributed by atoms with Crippen molar-refractivity contribution in [1.29, 1.82) is 0 Å². The summed E-state index contributed by atoms with van der Waals surface area (Å²) in [5, 5.41) is 10.4. The van der Waals surface area contributed by atoms with Crippen LogP contribution in [0.3, 0.4) is 0 Å². The highest BCUT2D eigenvalue weighted by Crippen LogP contribution is 2.33. The second kappa shape index (κ2) is 6.06. The second-order valence-electron chi connectivity index (χ2n) is 4.85. The summed E-state index contributed by atoms with van der Waals surface area (Å²) in [4.78, 5) is 0. The molecule has 4 heteroatoms. The molecule has 2 aromatic rings. The van der Waals surface area contributed by atoms with Gasteiger partial charge < -0.3 is 19.3 Å². The Labute approximate surface area is 123 Å². The van der Waals surface area contributed by atoms with Crippen LogP contribution < -0.4 is 14.2 Å². The Bertz CT molecular complexity index is 594. The SMILES string of the molecule is CCOc1ccc(OC2COc3ccccc3C2O)cc1. The summed E-state index contributed by atoms with van der Waals surface area (Å²) in [5.74, 6) is 2.21. The van der Waals surface area contributed by atoms with E-state index in [0.29, 0.717) is 19.0 Å². The molecular formula is C17H18O4. The first-order valence-corrected chi connectivity index (χ1v) is 7.07. The van der Waals surface area contributed by atoms with Crippen LogP contribution >= 0.6 is 0 Å². The minimum absolute atomic E-state index is 0.325. The summed E-state index contributed by atoms with van der Waals surface area (Å²) in [7, 11) is 0. The summed E-state index contributed by atoms with van der Waals surface area (Å²) >= 11 is 0. The van der Waals surface area contributed by atoms with Gasteiger partial charge in [0.1, 0.15) is 30.0 Å². The zero-order chi connectivity index (χ0) is 14.7. The number of rotatable bonds is 4. The quantitative estimate of drug-likeness (QED) is 0.938. The second-order valence-corrected chi connectivity index (χ2v) is 4.85. The lowest BCUT2D eigenvalue weighted by Gasteiger charge is -2.30. The monoisotopic (exact) mass is 286 g/mol. The van der Waals surface area contributed by atoms with Crippen LogP contribution in [0.2, 0.25) is 0 Å².